The van der Waals surface area contributed by atoms with Gasteiger partial charge in [0, 0.05) is 35.8 Å². The minimum absolute atomic E-state index is 0.0889. The summed E-state index contributed by atoms with van der Waals surface area (Å²) in [6.45, 7) is 7.69. The predicted molar refractivity (Wildman–Crippen MR) is 85.9 cm³/mol. The van der Waals surface area contributed by atoms with E-state index in [1.165, 1.54) is 12.8 Å². The zero-order chi connectivity index (χ0) is 15.6. The monoisotopic (exact) mass is 309 g/mol. The predicted octanol–water partition coefficient (Wildman–Crippen LogP) is 2.86. The molecule has 1 aromatic rings. The quantitative estimate of drug-likeness (QED) is 0.851. The van der Waals surface area contributed by atoms with E-state index in [2.05, 4.69) is 43.0 Å². The Morgan fingerprint density at radius 1 is 1.43 bits per heavy atom. The van der Waals surface area contributed by atoms with Crippen LogP contribution in [0.15, 0.2) is 12.1 Å². The van der Waals surface area contributed by atoms with Crippen LogP contribution in [0.25, 0.3) is 0 Å². The van der Waals surface area contributed by atoms with E-state index >= 15 is 0 Å². The lowest BCUT2D eigenvalue weighted by Crippen LogP contribution is -2.34. The lowest BCUT2D eigenvalue weighted by molar-refractivity contribution is 0.0949. The van der Waals surface area contributed by atoms with Crippen LogP contribution in [0.3, 0.4) is 0 Å². The van der Waals surface area contributed by atoms with Gasteiger partial charge < -0.3 is 10.2 Å². The van der Waals surface area contributed by atoms with E-state index in [9.17, 15) is 4.79 Å². The van der Waals surface area contributed by atoms with Gasteiger partial charge in [-0.1, -0.05) is 32.4 Å². The fraction of sp³-hybridized carbons (Fsp3) is 0.625. The van der Waals surface area contributed by atoms with Crippen molar-refractivity contribution in [2.75, 3.05) is 20.1 Å². The number of hydrogen-bond donors (Lipinski definition) is 1. The standard InChI is InChI=1S/C16H24ClN3O/c1-16(2,3)13-9-11(10-14(17)19-13)15(21)18-7-8-20(4)12-5-6-12/h9-10,12H,5-8H2,1-4H3,(H,18,21). The van der Waals surface area contributed by atoms with E-state index in [0.29, 0.717) is 23.3 Å². The number of carbonyl (C=O) groups is 1. The molecule has 1 aliphatic carbocycles. The van der Waals surface area contributed by atoms with Crippen LogP contribution in [0.2, 0.25) is 5.15 Å². The van der Waals surface area contributed by atoms with Crippen LogP contribution >= 0.6 is 11.6 Å². The molecule has 116 valence electrons. The number of nitrogens with zero attached hydrogens (tertiary/aromatic N) is 2. The minimum atomic E-state index is -0.133. The van der Waals surface area contributed by atoms with E-state index in [1.807, 2.05) is 6.07 Å². The molecule has 2 rings (SSSR count). The first-order chi connectivity index (χ1) is 9.77. The summed E-state index contributed by atoms with van der Waals surface area (Å²) in [5.74, 6) is -0.0889. The molecule has 4 nitrogen and oxygen atoms in total. The SMILES string of the molecule is CN(CCNC(=O)c1cc(Cl)nc(C(C)(C)C)c1)C1CC1. The molecule has 1 aromatic heterocycles. The average molecular weight is 310 g/mol. The largest absolute Gasteiger partial charge is 0.351 e. The summed E-state index contributed by atoms with van der Waals surface area (Å²) in [5.41, 5.74) is 1.27. The highest BCUT2D eigenvalue weighted by atomic mass is 35.5. The van der Waals surface area contributed by atoms with Crippen molar-refractivity contribution < 1.29 is 4.79 Å². The average Bonchev–Trinajstić information content (AvgIpc) is 3.20. The van der Waals surface area contributed by atoms with Gasteiger partial charge in [-0.15, -0.1) is 0 Å². The van der Waals surface area contributed by atoms with Gasteiger partial charge in [0.15, 0.2) is 0 Å². The molecule has 1 saturated carbocycles. The molecule has 1 amide bonds. The zero-order valence-corrected chi connectivity index (χ0v) is 14.0. The molecular formula is C16H24ClN3O. The second-order valence-electron chi connectivity index (χ2n) is 6.78. The molecule has 0 spiro atoms. The van der Waals surface area contributed by atoms with Gasteiger partial charge in [0.1, 0.15) is 5.15 Å². The maximum Gasteiger partial charge on any atom is 0.251 e. The number of carbonyl (C=O) groups excluding carboxylic acids is 1. The number of halogens is 1. The van der Waals surface area contributed by atoms with Gasteiger partial charge in [0.2, 0.25) is 0 Å². The molecule has 0 aromatic carbocycles. The Kier molecular flexibility index (Phi) is 4.89. The number of likely N-dealkylation sites (N-methyl/N-ethyl adjacent to an activating group) is 1. The van der Waals surface area contributed by atoms with Crippen molar-refractivity contribution in [3.8, 4) is 0 Å². The molecular weight excluding hydrogens is 286 g/mol. The van der Waals surface area contributed by atoms with Gasteiger partial charge >= 0.3 is 0 Å². The second-order valence-corrected chi connectivity index (χ2v) is 7.17. The molecule has 1 aliphatic rings. The van der Waals surface area contributed by atoms with Gasteiger partial charge in [0.05, 0.1) is 0 Å². The third kappa shape index (κ3) is 4.68. The number of aromatic nitrogens is 1. The highest BCUT2D eigenvalue weighted by Crippen LogP contribution is 2.25. The van der Waals surface area contributed by atoms with Crippen LogP contribution in [0.5, 0.6) is 0 Å². The van der Waals surface area contributed by atoms with Crippen LogP contribution < -0.4 is 5.32 Å². The summed E-state index contributed by atoms with van der Waals surface area (Å²) in [7, 11) is 2.10. The number of amides is 1. The van der Waals surface area contributed by atoms with Crippen molar-refractivity contribution in [1.82, 2.24) is 15.2 Å². The van der Waals surface area contributed by atoms with Crippen LogP contribution in [0, 0.1) is 0 Å². The Morgan fingerprint density at radius 2 is 2.10 bits per heavy atom. The first kappa shape index (κ1) is 16.2. The fourth-order valence-corrected chi connectivity index (χ4v) is 2.37. The van der Waals surface area contributed by atoms with E-state index in [-0.39, 0.29) is 11.3 Å². The van der Waals surface area contributed by atoms with Gasteiger partial charge in [-0.2, -0.15) is 0 Å². The molecule has 1 fully saturated rings. The molecule has 0 bridgehead atoms. The van der Waals surface area contributed by atoms with Crippen LogP contribution in [-0.2, 0) is 5.41 Å². The van der Waals surface area contributed by atoms with E-state index in [1.54, 1.807) is 6.07 Å². The first-order valence-electron chi connectivity index (χ1n) is 7.44. The molecule has 1 heterocycles. The lowest BCUT2D eigenvalue weighted by atomic mass is 9.91. The molecule has 5 heteroatoms. The maximum absolute atomic E-state index is 12.2. The topological polar surface area (TPSA) is 45.2 Å². The van der Waals surface area contributed by atoms with Crippen molar-refractivity contribution >= 4 is 17.5 Å². The summed E-state index contributed by atoms with van der Waals surface area (Å²) in [6.07, 6.45) is 2.55. The van der Waals surface area contributed by atoms with Gasteiger partial charge in [-0.05, 0) is 32.0 Å². The van der Waals surface area contributed by atoms with Crippen LogP contribution in [-0.4, -0.2) is 42.0 Å². The van der Waals surface area contributed by atoms with Crippen LogP contribution in [0.4, 0.5) is 0 Å². The smallest absolute Gasteiger partial charge is 0.251 e. The zero-order valence-electron chi connectivity index (χ0n) is 13.2. The number of rotatable bonds is 5. The summed E-state index contributed by atoms with van der Waals surface area (Å²) < 4.78 is 0. The summed E-state index contributed by atoms with van der Waals surface area (Å²) in [6, 6.07) is 4.16. The molecule has 0 unspecified atom stereocenters. The molecule has 0 aliphatic heterocycles. The highest BCUT2D eigenvalue weighted by molar-refractivity contribution is 6.29. The maximum atomic E-state index is 12.2. The molecule has 21 heavy (non-hydrogen) atoms. The second kappa shape index (κ2) is 6.32. The molecule has 0 saturated heterocycles. The minimum Gasteiger partial charge on any atom is -0.351 e. The Morgan fingerprint density at radius 3 is 2.67 bits per heavy atom. The molecule has 0 atom stereocenters. The van der Waals surface area contributed by atoms with Gasteiger partial charge in [0.25, 0.3) is 5.91 Å². The Bertz CT molecular complexity index is 521. The Hall–Kier alpha value is -1.13. The third-order valence-corrected chi connectivity index (χ3v) is 3.94. The Labute approximate surface area is 131 Å². The van der Waals surface area contributed by atoms with Crippen molar-refractivity contribution in [1.29, 1.82) is 0 Å². The van der Waals surface area contributed by atoms with Crippen LogP contribution in [0.1, 0.15) is 49.7 Å². The van der Waals surface area contributed by atoms with E-state index in [4.69, 9.17) is 11.6 Å². The number of pyridine rings is 1. The number of hydrogen-bond acceptors (Lipinski definition) is 3. The summed E-state index contributed by atoms with van der Waals surface area (Å²) in [5, 5.41) is 3.31. The third-order valence-electron chi connectivity index (χ3n) is 3.74. The van der Waals surface area contributed by atoms with Gasteiger partial charge in [-0.25, -0.2) is 4.98 Å². The number of nitrogens with one attached hydrogen (secondary N) is 1. The van der Waals surface area contributed by atoms with Crippen molar-refractivity contribution in [2.45, 2.75) is 45.1 Å². The molecule has 0 radical (unpaired) electrons. The van der Waals surface area contributed by atoms with Crippen molar-refractivity contribution in [2.24, 2.45) is 0 Å². The molecule has 1 N–H and O–H groups in total. The fourth-order valence-electron chi connectivity index (χ4n) is 2.16. The lowest BCUT2D eigenvalue weighted by Gasteiger charge is -2.19. The summed E-state index contributed by atoms with van der Waals surface area (Å²) in [4.78, 5) is 18.8. The highest BCUT2D eigenvalue weighted by Gasteiger charge is 2.25. The summed E-state index contributed by atoms with van der Waals surface area (Å²) >= 11 is 6.04. The van der Waals surface area contributed by atoms with E-state index < -0.39 is 0 Å². The van der Waals surface area contributed by atoms with Crippen molar-refractivity contribution in [3.63, 3.8) is 0 Å². The normalized spacial score (nSPS) is 15.3. The Balaban J connectivity index is 1.96. The first-order valence-corrected chi connectivity index (χ1v) is 7.81. The van der Waals surface area contributed by atoms with Crippen molar-refractivity contribution in [3.05, 3.63) is 28.5 Å². The van der Waals surface area contributed by atoms with E-state index in [0.717, 1.165) is 12.2 Å². The van der Waals surface area contributed by atoms with Gasteiger partial charge in [-0.3, -0.25) is 4.79 Å².